The lowest BCUT2D eigenvalue weighted by molar-refractivity contribution is 0.115. The van der Waals surface area contributed by atoms with Crippen LogP contribution in [0.1, 0.15) is 19.3 Å². The quantitative estimate of drug-likeness (QED) is 0.687. The number of aliphatic hydroxyl groups is 1. The van der Waals surface area contributed by atoms with Crippen LogP contribution in [0.4, 0.5) is 4.79 Å². The highest BCUT2D eigenvalue weighted by Gasteiger charge is 2.28. The van der Waals surface area contributed by atoms with Gasteiger partial charge in [0.05, 0.1) is 18.6 Å². The summed E-state index contributed by atoms with van der Waals surface area (Å²) >= 11 is 0. The number of hydrogen-bond donors (Lipinski definition) is 2. The lowest BCUT2D eigenvalue weighted by Crippen LogP contribution is -2.37. The highest BCUT2D eigenvalue weighted by atomic mass is 16.6. The highest BCUT2D eigenvalue weighted by Crippen LogP contribution is 2.24. The van der Waals surface area contributed by atoms with Gasteiger partial charge in [0, 0.05) is 6.04 Å². The first-order valence-electron chi connectivity index (χ1n) is 4.71. The highest BCUT2D eigenvalue weighted by molar-refractivity contribution is 5.67. The van der Waals surface area contributed by atoms with Gasteiger partial charge in [-0.15, -0.1) is 0 Å². The number of nitriles is 1. The molecule has 1 amide bonds. The summed E-state index contributed by atoms with van der Waals surface area (Å²) in [4.78, 5) is 11.1. The van der Waals surface area contributed by atoms with Gasteiger partial charge in [-0.1, -0.05) is 0 Å². The maximum atomic E-state index is 11.1. The first-order valence-corrected chi connectivity index (χ1v) is 4.71. The number of rotatable bonds is 3. The van der Waals surface area contributed by atoms with Crippen molar-refractivity contribution < 1.29 is 14.6 Å². The van der Waals surface area contributed by atoms with E-state index in [0.717, 1.165) is 19.3 Å². The van der Waals surface area contributed by atoms with Crippen molar-refractivity contribution in [3.05, 3.63) is 0 Å². The van der Waals surface area contributed by atoms with Gasteiger partial charge in [0.15, 0.2) is 0 Å². The van der Waals surface area contributed by atoms with Crippen LogP contribution in [0.15, 0.2) is 0 Å². The average molecular weight is 198 g/mol. The van der Waals surface area contributed by atoms with Crippen molar-refractivity contribution in [2.75, 3.05) is 13.2 Å². The Morgan fingerprint density at radius 1 is 1.64 bits per heavy atom. The van der Waals surface area contributed by atoms with Crippen molar-refractivity contribution in [1.82, 2.24) is 5.32 Å². The van der Waals surface area contributed by atoms with E-state index >= 15 is 0 Å². The Hall–Kier alpha value is -1.28. The number of alkyl carbamates (subject to hydrolysis) is 1. The zero-order valence-corrected chi connectivity index (χ0v) is 7.90. The summed E-state index contributed by atoms with van der Waals surface area (Å²) in [5.74, 6) is -0.100. The lowest BCUT2D eigenvalue weighted by atomic mass is 10.1. The Balaban J connectivity index is 2.29. The fourth-order valence-electron chi connectivity index (χ4n) is 1.62. The molecule has 1 saturated carbocycles. The second-order valence-electron chi connectivity index (χ2n) is 3.28. The number of ether oxygens (including phenoxy) is 1. The second-order valence-corrected chi connectivity index (χ2v) is 3.28. The SMILES string of the molecule is N#CC1CCCC1NC(=O)OCCO. The molecular weight excluding hydrogens is 184 g/mol. The Morgan fingerprint density at radius 2 is 2.43 bits per heavy atom. The zero-order chi connectivity index (χ0) is 10.4. The molecule has 0 radical (unpaired) electrons. The van der Waals surface area contributed by atoms with Crippen LogP contribution in [-0.4, -0.2) is 30.5 Å². The molecule has 1 aliphatic rings. The molecule has 0 heterocycles. The Morgan fingerprint density at radius 3 is 3.07 bits per heavy atom. The minimum atomic E-state index is -0.550. The molecule has 0 bridgehead atoms. The van der Waals surface area contributed by atoms with Crippen LogP contribution in [0, 0.1) is 17.2 Å². The number of aliphatic hydroxyl groups excluding tert-OH is 1. The van der Waals surface area contributed by atoms with Gasteiger partial charge in [-0.25, -0.2) is 4.79 Å². The molecule has 5 nitrogen and oxygen atoms in total. The molecular formula is C9H14N2O3. The van der Waals surface area contributed by atoms with Gasteiger partial charge in [0.25, 0.3) is 0 Å². The lowest BCUT2D eigenvalue weighted by Gasteiger charge is -2.14. The van der Waals surface area contributed by atoms with E-state index < -0.39 is 6.09 Å². The molecule has 0 aromatic rings. The maximum Gasteiger partial charge on any atom is 0.407 e. The summed E-state index contributed by atoms with van der Waals surface area (Å²) in [6.07, 6.45) is 2.07. The molecule has 0 saturated heterocycles. The number of carbonyl (C=O) groups is 1. The van der Waals surface area contributed by atoms with Gasteiger partial charge in [-0.2, -0.15) is 5.26 Å². The van der Waals surface area contributed by atoms with E-state index in [2.05, 4.69) is 16.1 Å². The molecule has 0 aliphatic heterocycles. The minimum absolute atomic E-state index is 0.00419. The van der Waals surface area contributed by atoms with Crippen molar-refractivity contribution in [1.29, 1.82) is 5.26 Å². The molecule has 1 fully saturated rings. The number of nitrogens with one attached hydrogen (secondary N) is 1. The van der Waals surface area contributed by atoms with Gasteiger partial charge in [-0.3, -0.25) is 0 Å². The van der Waals surface area contributed by atoms with Crippen LogP contribution >= 0.6 is 0 Å². The zero-order valence-electron chi connectivity index (χ0n) is 7.90. The third kappa shape index (κ3) is 2.89. The molecule has 1 aliphatic carbocycles. The Bertz CT molecular complexity index is 237. The van der Waals surface area contributed by atoms with Gasteiger partial charge in [0.1, 0.15) is 6.61 Å². The molecule has 5 heteroatoms. The summed E-state index contributed by atoms with van der Waals surface area (Å²) in [5, 5.41) is 19.8. The summed E-state index contributed by atoms with van der Waals surface area (Å²) in [6.45, 7) is -0.185. The Kier molecular flexibility index (Phi) is 4.20. The monoisotopic (exact) mass is 198 g/mol. The largest absolute Gasteiger partial charge is 0.447 e. The normalized spacial score (nSPS) is 25.4. The van der Waals surface area contributed by atoms with Crippen LogP contribution in [-0.2, 0) is 4.74 Å². The second kappa shape index (κ2) is 5.45. The van der Waals surface area contributed by atoms with Crippen molar-refractivity contribution in [2.24, 2.45) is 5.92 Å². The summed E-state index contributed by atoms with van der Waals surface area (Å²) in [5.41, 5.74) is 0. The van der Waals surface area contributed by atoms with Gasteiger partial charge < -0.3 is 15.2 Å². The molecule has 0 aromatic heterocycles. The molecule has 0 aromatic carbocycles. The summed E-state index contributed by atoms with van der Waals surface area (Å²) in [7, 11) is 0. The molecule has 1 rings (SSSR count). The molecule has 2 unspecified atom stereocenters. The van der Waals surface area contributed by atoms with Gasteiger partial charge in [-0.05, 0) is 19.3 Å². The molecule has 0 spiro atoms. The van der Waals surface area contributed by atoms with Crippen LogP contribution < -0.4 is 5.32 Å². The van der Waals surface area contributed by atoms with E-state index in [1.165, 1.54) is 0 Å². The van der Waals surface area contributed by atoms with E-state index in [1.54, 1.807) is 0 Å². The van der Waals surface area contributed by atoms with Crippen molar-refractivity contribution in [3.8, 4) is 6.07 Å². The van der Waals surface area contributed by atoms with Crippen molar-refractivity contribution in [3.63, 3.8) is 0 Å². The van der Waals surface area contributed by atoms with Gasteiger partial charge >= 0.3 is 6.09 Å². The maximum absolute atomic E-state index is 11.1. The van der Waals surface area contributed by atoms with E-state index in [0.29, 0.717) is 0 Å². The molecule has 14 heavy (non-hydrogen) atoms. The smallest absolute Gasteiger partial charge is 0.407 e. The van der Waals surface area contributed by atoms with E-state index in [1.807, 2.05) is 0 Å². The summed E-state index contributed by atoms with van der Waals surface area (Å²) < 4.78 is 4.64. The third-order valence-corrected chi connectivity index (χ3v) is 2.31. The van der Waals surface area contributed by atoms with E-state index in [-0.39, 0.29) is 25.2 Å². The van der Waals surface area contributed by atoms with Gasteiger partial charge in [0.2, 0.25) is 0 Å². The first-order chi connectivity index (χ1) is 6.77. The first kappa shape index (κ1) is 10.8. The van der Waals surface area contributed by atoms with Crippen LogP contribution in [0.5, 0.6) is 0 Å². The number of amides is 1. The fourth-order valence-corrected chi connectivity index (χ4v) is 1.62. The topological polar surface area (TPSA) is 82.4 Å². The standard InChI is InChI=1S/C9H14N2O3/c10-6-7-2-1-3-8(7)11-9(13)14-5-4-12/h7-8,12H,1-5H2,(H,11,13). The van der Waals surface area contributed by atoms with E-state index in [4.69, 9.17) is 10.4 Å². The predicted molar refractivity (Wildman–Crippen MR) is 48.3 cm³/mol. The predicted octanol–water partition coefficient (Wildman–Crippen LogP) is 0.397. The average Bonchev–Trinajstić information content (AvgIpc) is 2.62. The van der Waals surface area contributed by atoms with Crippen molar-refractivity contribution >= 4 is 6.09 Å². The number of hydrogen-bond acceptors (Lipinski definition) is 4. The molecule has 2 N–H and O–H groups in total. The third-order valence-electron chi connectivity index (χ3n) is 2.31. The molecule has 2 atom stereocenters. The minimum Gasteiger partial charge on any atom is -0.447 e. The van der Waals surface area contributed by atoms with Crippen LogP contribution in [0.2, 0.25) is 0 Å². The summed E-state index contributed by atoms with van der Waals surface area (Å²) in [6, 6.07) is 2.06. The molecule has 78 valence electrons. The number of nitrogens with zero attached hydrogens (tertiary/aromatic N) is 1. The number of carbonyl (C=O) groups excluding carboxylic acids is 1. The van der Waals surface area contributed by atoms with Crippen LogP contribution in [0.3, 0.4) is 0 Å². The van der Waals surface area contributed by atoms with Crippen LogP contribution in [0.25, 0.3) is 0 Å². The van der Waals surface area contributed by atoms with Crippen molar-refractivity contribution in [2.45, 2.75) is 25.3 Å². The Labute approximate surface area is 82.7 Å². The fraction of sp³-hybridized carbons (Fsp3) is 0.778. The van der Waals surface area contributed by atoms with E-state index in [9.17, 15) is 4.79 Å².